The van der Waals surface area contributed by atoms with E-state index in [0.717, 1.165) is 29.9 Å². The van der Waals surface area contributed by atoms with Gasteiger partial charge in [-0.2, -0.15) is 5.10 Å². The Morgan fingerprint density at radius 3 is 2.74 bits per heavy atom. The highest BCUT2D eigenvalue weighted by molar-refractivity contribution is 5.81. The smallest absolute Gasteiger partial charge is 0.323 e. The highest BCUT2D eigenvalue weighted by Gasteiger charge is 2.33. The fourth-order valence-corrected chi connectivity index (χ4v) is 1.72. The van der Waals surface area contributed by atoms with Crippen LogP contribution < -0.4 is 0 Å². The molecule has 9 nitrogen and oxygen atoms in total. The van der Waals surface area contributed by atoms with Gasteiger partial charge in [-0.3, -0.25) is 24.4 Å². The highest BCUT2D eigenvalue weighted by atomic mass is 16.6. The molecule has 1 N–H and O–H groups in total. The maximum absolute atomic E-state index is 11.9. The summed E-state index contributed by atoms with van der Waals surface area (Å²) >= 11 is 0. The Morgan fingerprint density at radius 2 is 2.26 bits per heavy atom. The first-order valence-corrected chi connectivity index (χ1v) is 5.65. The van der Waals surface area contributed by atoms with Gasteiger partial charge < -0.3 is 10.0 Å². The van der Waals surface area contributed by atoms with Gasteiger partial charge in [0, 0.05) is 6.04 Å². The van der Waals surface area contributed by atoms with E-state index in [0.29, 0.717) is 0 Å². The zero-order chi connectivity index (χ0) is 14.0. The molecule has 19 heavy (non-hydrogen) atoms. The van der Waals surface area contributed by atoms with E-state index >= 15 is 0 Å². The first-order valence-electron chi connectivity index (χ1n) is 5.65. The maximum atomic E-state index is 11.9. The minimum atomic E-state index is -1.08. The van der Waals surface area contributed by atoms with Crippen LogP contribution in [0.15, 0.2) is 12.4 Å². The number of nitrogens with zero attached hydrogens (tertiary/aromatic N) is 4. The zero-order valence-corrected chi connectivity index (χ0v) is 9.93. The third-order valence-electron chi connectivity index (χ3n) is 2.74. The first-order chi connectivity index (χ1) is 8.97. The van der Waals surface area contributed by atoms with Gasteiger partial charge in [-0.05, 0) is 12.8 Å². The average molecular weight is 268 g/mol. The molecule has 1 aliphatic carbocycles. The van der Waals surface area contributed by atoms with E-state index in [1.807, 2.05) is 0 Å². The van der Waals surface area contributed by atoms with Gasteiger partial charge in [-0.15, -0.1) is 0 Å². The molecule has 0 atom stereocenters. The lowest BCUT2D eigenvalue weighted by atomic mass is 10.4. The fraction of sp³-hybridized carbons (Fsp3) is 0.500. The molecular weight excluding hydrogens is 256 g/mol. The SMILES string of the molecule is O=C(O)CN(C(=O)Cn1cc([N+](=O)[O-])cn1)C1CC1. The van der Waals surface area contributed by atoms with Crippen molar-refractivity contribution in [2.75, 3.05) is 6.54 Å². The molecule has 0 spiro atoms. The Labute approximate surface area is 107 Å². The Kier molecular flexibility index (Phi) is 3.45. The molecule has 0 radical (unpaired) electrons. The van der Waals surface area contributed by atoms with Gasteiger partial charge in [0.1, 0.15) is 25.5 Å². The van der Waals surface area contributed by atoms with E-state index in [9.17, 15) is 19.7 Å². The van der Waals surface area contributed by atoms with E-state index in [4.69, 9.17) is 5.11 Å². The minimum Gasteiger partial charge on any atom is -0.480 e. The fourth-order valence-electron chi connectivity index (χ4n) is 1.72. The Morgan fingerprint density at radius 1 is 1.58 bits per heavy atom. The van der Waals surface area contributed by atoms with Crippen molar-refractivity contribution >= 4 is 17.6 Å². The summed E-state index contributed by atoms with van der Waals surface area (Å²) < 4.78 is 1.14. The van der Waals surface area contributed by atoms with E-state index in [1.54, 1.807) is 0 Å². The molecule has 1 aromatic heterocycles. The van der Waals surface area contributed by atoms with Crippen LogP contribution in [0.4, 0.5) is 5.69 Å². The molecule has 102 valence electrons. The lowest BCUT2D eigenvalue weighted by molar-refractivity contribution is -0.385. The number of rotatable bonds is 6. The van der Waals surface area contributed by atoms with Crippen LogP contribution in [0.2, 0.25) is 0 Å². The molecule has 1 heterocycles. The number of aromatic nitrogens is 2. The molecule has 1 aliphatic rings. The topological polar surface area (TPSA) is 119 Å². The third kappa shape index (κ3) is 3.27. The van der Waals surface area contributed by atoms with Gasteiger partial charge in [0.2, 0.25) is 5.91 Å². The quantitative estimate of drug-likeness (QED) is 0.567. The van der Waals surface area contributed by atoms with Crippen molar-refractivity contribution in [3.8, 4) is 0 Å². The minimum absolute atomic E-state index is 0.0332. The summed E-state index contributed by atoms with van der Waals surface area (Å²) in [5.41, 5.74) is -0.205. The normalized spacial score (nSPS) is 14.1. The number of hydrogen-bond donors (Lipinski definition) is 1. The zero-order valence-electron chi connectivity index (χ0n) is 9.93. The molecule has 0 unspecified atom stereocenters. The van der Waals surface area contributed by atoms with Crippen molar-refractivity contribution in [2.45, 2.75) is 25.4 Å². The van der Waals surface area contributed by atoms with E-state index in [1.165, 1.54) is 4.90 Å². The third-order valence-corrected chi connectivity index (χ3v) is 2.74. The van der Waals surface area contributed by atoms with Gasteiger partial charge >= 0.3 is 11.7 Å². The number of carboxylic acids is 1. The number of carboxylic acid groups (broad SMARTS) is 1. The average Bonchev–Trinajstić information content (AvgIpc) is 3.05. The molecule has 1 amide bonds. The molecule has 1 aromatic rings. The van der Waals surface area contributed by atoms with Crippen LogP contribution in [0.1, 0.15) is 12.8 Å². The van der Waals surface area contributed by atoms with Crippen molar-refractivity contribution in [3.05, 3.63) is 22.5 Å². The van der Waals surface area contributed by atoms with Gasteiger partial charge in [-0.25, -0.2) is 0 Å². The van der Waals surface area contributed by atoms with Gasteiger partial charge in [0.15, 0.2) is 0 Å². The van der Waals surface area contributed by atoms with Crippen LogP contribution in [-0.2, 0) is 16.1 Å². The number of nitro groups is 1. The molecule has 0 bridgehead atoms. The number of hydrogen-bond acceptors (Lipinski definition) is 5. The number of aliphatic carboxylic acids is 1. The van der Waals surface area contributed by atoms with Crippen LogP contribution in [0.25, 0.3) is 0 Å². The monoisotopic (exact) mass is 268 g/mol. The molecular formula is C10H12N4O5. The van der Waals surface area contributed by atoms with Gasteiger partial charge in [0.25, 0.3) is 0 Å². The van der Waals surface area contributed by atoms with Crippen LogP contribution in [0.3, 0.4) is 0 Å². The standard InChI is InChI=1S/C10H12N4O5/c15-9(13(6-10(16)17)7-1-2-7)5-12-4-8(3-11-12)14(18)19/h3-4,7H,1-2,5-6H2,(H,16,17). The molecule has 1 fully saturated rings. The Balaban J connectivity index is 2.01. The van der Waals surface area contributed by atoms with Crippen molar-refractivity contribution < 1.29 is 19.6 Å². The first kappa shape index (κ1) is 13.0. The summed E-state index contributed by atoms with van der Waals surface area (Å²) in [4.78, 5) is 33.8. The molecule has 1 saturated carbocycles. The Hall–Kier alpha value is -2.45. The maximum Gasteiger partial charge on any atom is 0.323 e. The van der Waals surface area contributed by atoms with Crippen molar-refractivity contribution in [1.29, 1.82) is 0 Å². The van der Waals surface area contributed by atoms with Crippen molar-refractivity contribution in [3.63, 3.8) is 0 Å². The predicted octanol–water partition coefficient (Wildman–Crippen LogP) is -0.133. The number of amides is 1. The van der Waals surface area contributed by atoms with Crippen molar-refractivity contribution in [2.24, 2.45) is 0 Å². The lowest BCUT2D eigenvalue weighted by Crippen LogP contribution is -2.39. The van der Waals surface area contributed by atoms with Crippen LogP contribution in [-0.4, -0.2) is 49.2 Å². The molecule has 0 saturated heterocycles. The van der Waals surface area contributed by atoms with E-state index in [2.05, 4.69) is 5.10 Å². The number of carbonyl (C=O) groups excluding carboxylic acids is 1. The van der Waals surface area contributed by atoms with E-state index < -0.39 is 16.8 Å². The summed E-state index contributed by atoms with van der Waals surface area (Å²) in [6.45, 7) is -0.551. The van der Waals surface area contributed by atoms with E-state index in [-0.39, 0.29) is 24.8 Å². The summed E-state index contributed by atoms with van der Waals surface area (Å²) in [6, 6.07) is -0.0332. The summed E-state index contributed by atoms with van der Waals surface area (Å²) in [5, 5.41) is 22.9. The molecule has 2 rings (SSSR count). The summed E-state index contributed by atoms with van der Waals surface area (Å²) in [6.07, 6.45) is 3.77. The van der Waals surface area contributed by atoms with Gasteiger partial charge in [0.05, 0.1) is 4.92 Å². The molecule has 0 aromatic carbocycles. The second kappa shape index (κ2) is 5.04. The van der Waals surface area contributed by atoms with Gasteiger partial charge in [-0.1, -0.05) is 0 Å². The summed E-state index contributed by atoms with van der Waals surface area (Å²) in [7, 11) is 0. The Bertz CT molecular complexity index is 522. The second-order valence-corrected chi connectivity index (χ2v) is 4.30. The summed E-state index contributed by atoms with van der Waals surface area (Å²) in [5.74, 6) is -1.48. The van der Waals surface area contributed by atoms with Crippen molar-refractivity contribution in [1.82, 2.24) is 14.7 Å². The van der Waals surface area contributed by atoms with Crippen LogP contribution in [0, 0.1) is 10.1 Å². The number of carbonyl (C=O) groups is 2. The predicted molar refractivity (Wildman–Crippen MR) is 61.3 cm³/mol. The second-order valence-electron chi connectivity index (χ2n) is 4.30. The van der Waals surface area contributed by atoms with Crippen LogP contribution in [0.5, 0.6) is 0 Å². The van der Waals surface area contributed by atoms with Crippen LogP contribution >= 0.6 is 0 Å². The highest BCUT2D eigenvalue weighted by Crippen LogP contribution is 2.26. The molecule has 0 aliphatic heterocycles. The largest absolute Gasteiger partial charge is 0.480 e. The molecule has 9 heteroatoms. The lowest BCUT2D eigenvalue weighted by Gasteiger charge is -2.19.